The number of hydrogen-bond donors (Lipinski definition) is 0. The van der Waals surface area contributed by atoms with Gasteiger partial charge in [0.2, 0.25) is 0 Å². The van der Waals surface area contributed by atoms with Gasteiger partial charge in [-0.2, -0.15) is 5.92 Å². The van der Waals surface area contributed by atoms with Crippen LogP contribution in [0.5, 0.6) is 0 Å². The van der Waals surface area contributed by atoms with Crippen molar-refractivity contribution in [2.45, 2.75) is 66.1 Å². The van der Waals surface area contributed by atoms with E-state index in [4.69, 9.17) is 0 Å². The van der Waals surface area contributed by atoms with Crippen molar-refractivity contribution in [2.75, 3.05) is 0 Å². The summed E-state index contributed by atoms with van der Waals surface area (Å²) in [6.45, 7) is 18.4. The molecular weight excluding hydrogens is 366 g/mol. The SMILES string of the molecule is [CH2-][C@@H]1CCC[C@@]1(C#C[Si](C)(C)C)CC(C)(C)C.[Zn+][Br]. The molecule has 1 saturated carbocycles. The average Bonchev–Trinajstić information content (AvgIpc) is 2.58. The molecule has 3 heteroatoms. The Kier molecular flexibility index (Phi) is 8.13. The van der Waals surface area contributed by atoms with Crippen LogP contribution in [0.3, 0.4) is 0 Å². The first-order chi connectivity index (χ1) is 8.54. The van der Waals surface area contributed by atoms with E-state index in [1.807, 2.05) is 0 Å². The van der Waals surface area contributed by atoms with Gasteiger partial charge in [0.15, 0.2) is 0 Å². The zero-order valence-electron chi connectivity index (χ0n) is 13.7. The Morgan fingerprint density at radius 1 is 1.32 bits per heavy atom. The van der Waals surface area contributed by atoms with Crippen LogP contribution in [0, 0.1) is 35.1 Å². The molecule has 0 amide bonds. The molecule has 0 saturated heterocycles. The quantitative estimate of drug-likeness (QED) is 0.301. The first kappa shape index (κ1) is 19.9. The molecule has 0 unspecified atom stereocenters. The molecule has 0 heterocycles. The van der Waals surface area contributed by atoms with Crippen molar-refractivity contribution < 1.29 is 16.3 Å². The van der Waals surface area contributed by atoms with E-state index in [-0.39, 0.29) is 5.41 Å². The predicted molar refractivity (Wildman–Crippen MR) is 89.3 cm³/mol. The molecule has 0 spiro atoms. The summed E-state index contributed by atoms with van der Waals surface area (Å²) in [7, 11) is -1.27. The van der Waals surface area contributed by atoms with Gasteiger partial charge in [0, 0.05) is 5.41 Å². The average molecular weight is 395 g/mol. The standard InChI is InChI=1S/C16H29Si.BrH.Zn/c1-14-9-8-10-16(14,13-15(2,3)4)11-12-17(5,6)7;;/h14H,1,8-10,13H2,2-7H3;1H;/q-1;;+2/p-1/t14-,16-;;/m1../s1. The fourth-order valence-electron chi connectivity index (χ4n) is 2.84. The minimum absolute atomic E-state index is 0.207. The van der Waals surface area contributed by atoms with Crippen molar-refractivity contribution in [3.8, 4) is 11.5 Å². The van der Waals surface area contributed by atoms with Gasteiger partial charge in [-0.15, -0.1) is 11.5 Å². The molecule has 1 rings (SSSR count). The van der Waals surface area contributed by atoms with Gasteiger partial charge in [-0.3, -0.25) is 0 Å². The van der Waals surface area contributed by atoms with Crippen molar-refractivity contribution in [3.05, 3.63) is 6.92 Å². The van der Waals surface area contributed by atoms with E-state index in [0.29, 0.717) is 11.3 Å². The normalized spacial score (nSPS) is 27.2. The molecule has 106 valence electrons. The second-order valence-corrected chi connectivity index (χ2v) is 12.7. The van der Waals surface area contributed by atoms with E-state index >= 15 is 0 Å². The van der Waals surface area contributed by atoms with Crippen molar-refractivity contribution in [1.29, 1.82) is 0 Å². The van der Waals surface area contributed by atoms with Crippen LogP contribution in [0.4, 0.5) is 0 Å². The van der Waals surface area contributed by atoms with E-state index in [9.17, 15) is 0 Å². The van der Waals surface area contributed by atoms with Crippen LogP contribution in [0.15, 0.2) is 0 Å². The molecular formula is C16H29BrSiZn. The first-order valence-electron chi connectivity index (χ1n) is 7.18. The van der Waals surface area contributed by atoms with Crippen LogP contribution in [0.2, 0.25) is 19.6 Å². The Bertz CT molecular complexity index is 329. The summed E-state index contributed by atoms with van der Waals surface area (Å²) in [6.07, 6.45) is 5.03. The van der Waals surface area contributed by atoms with Gasteiger partial charge in [0.05, 0.1) is 0 Å². The second kappa shape index (κ2) is 7.77. The van der Waals surface area contributed by atoms with Crippen LogP contribution >= 0.6 is 13.6 Å². The number of halogens is 1. The van der Waals surface area contributed by atoms with Crippen LogP contribution in [-0.2, 0) is 16.3 Å². The summed E-state index contributed by atoms with van der Waals surface area (Å²) >= 11 is 4.25. The van der Waals surface area contributed by atoms with Crippen molar-refractivity contribution in [3.63, 3.8) is 0 Å². The molecule has 2 atom stereocenters. The van der Waals surface area contributed by atoms with Crippen LogP contribution in [0.1, 0.15) is 46.5 Å². The van der Waals surface area contributed by atoms with Gasteiger partial charge in [-0.05, 0) is 18.3 Å². The molecule has 1 aliphatic rings. The molecule has 0 aromatic heterocycles. The van der Waals surface area contributed by atoms with Gasteiger partial charge in [0.1, 0.15) is 8.07 Å². The van der Waals surface area contributed by atoms with E-state index in [1.165, 1.54) is 42.0 Å². The fourth-order valence-corrected chi connectivity index (χ4v) is 3.47. The maximum atomic E-state index is 4.39. The molecule has 1 aliphatic carbocycles. The van der Waals surface area contributed by atoms with Crippen molar-refractivity contribution in [2.24, 2.45) is 16.7 Å². The zero-order valence-corrected chi connectivity index (χ0v) is 19.3. The molecule has 0 aromatic carbocycles. The Balaban J connectivity index is 0.00000154. The zero-order chi connectivity index (χ0) is 15.3. The van der Waals surface area contributed by atoms with E-state index < -0.39 is 8.07 Å². The van der Waals surface area contributed by atoms with Crippen LogP contribution in [0.25, 0.3) is 0 Å². The monoisotopic (exact) mass is 392 g/mol. The van der Waals surface area contributed by atoms with E-state index in [0.717, 1.165) is 0 Å². The van der Waals surface area contributed by atoms with Crippen molar-refractivity contribution in [1.82, 2.24) is 0 Å². The third-order valence-corrected chi connectivity index (χ3v) is 4.36. The topological polar surface area (TPSA) is 0 Å². The predicted octanol–water partition coefficient (Wildman–Crippen LogP) is 5.77. The molecule has 0 N–H and O–H groups in total. The summed E-state index contributed by atoms with van der Waals surface area (Å²) in [5.41, 5.74) is 4.17. The summed E-state index contributed by atoms with van der Waals surface area (Å²) in [5, 5.41) is 0. The van der Waals surface area contributed by atoms with Crippen LogP contribution in [-0.4, -0.2) is 8.07 Å². The number of hydrogen-bond acceptors (Lipinski definition) is 0. The van der Waals surface area contributed by atoms with Crippen molar-refractivity contribution >= 4 is 21.7 Å². The molecule has 0 aliphatic heterocycles. The van der Waals surface area contributed by atoms with E-state index in [2.05, 4.69) is 72.4 Å². The third kappa shape index (κ3) is 7.45. The van der Waals surface area contributed by atoms with E-state index in [1.54, 1.807) is 0 Å². The third-order valence-electron chi connectivity index (χ3n) is 3.49. The summed E-state index contributed by atoms with van der Waals surface area (Å²) in [5.74, 6) is 4.22. The Morgan fingerprint density at radius 3 is 2.16 bits per heavy atom. The Morgan fingerprint density at radius 2 is 1.84 bits per heavy atom. The van der Waals surface area contributed by atoms with Gasteiger partial charge in [-0.25, -0.2) is 0 Å². The van der Waals surface area contributed by atoms with Gasteiger partial charge < -0.3 is 6.92 Å². The number of rotatable bonds is 1. The summed E-state index contributed by atoms with van der Waals surface area (Å²) < 4.78 is 0. The molecule has 0 bridgehead atoms. The first-order valence-corrected chi connectivity index (χ1v) is 17.6. The molecule has 0 nitrogen and oxygen atoms in total. The maximum absolute atomic E-state index is 4.39. The van der Waals surface area contributed by atoms with Gasteiger partial charge in [0.25, 0.3) is 0 Å². The minimum atomic E-state index is -1.27. The fraction of sp³-hybridized carbons (Fsp3) is 0.812. The van der Waals surface area contributed by atoms with Gasteiger partial charge in [-0.1, -0.05) is 53.3 Å². The molecule has 19 heavy (non-hydrogen) atoms. The van der Waals surface area contributed by atoms with Gasteiger partial charge >= 0.3 is 30.0 Å². The second-order valence-electron chi connectivity index (χ2n) is 7.98. The van der Waals surface area contributed by atoms with Crippen LogP contribution < -0.4 is 0 Å². The molecule has 0 radical (unpaired) electrons. The summed E-state index contributed by atoms with van der Waals surface area (Å²) in [4.78, 5) is 0. The Hall–Kier alpha value is 0.880. The molecule has 1 fully saturated rings. The molecule has 0 aromatic rings. The summed E-state index contributed by atoms with van der Waals surface area (Å²) in [6, 6.07) is 0. The Labute approximate surface area is 138 Å².